The van der Waals surface area contributed by atoms with Crippen LogP contribution >= 0.6 is 0 Å². The summed E-state index contributed by atoms with van der Waals surface area (Å²) in [7, 11) is 1.77. The lowest BCUT2D eigenvalue weighted by Crippen LogP contribution is -2.03. The topological polar surface area (TPSA) is 44.9 Å². The molecule has 0 spiro atoms. The van der Waals surface area contributed by atoms with Gasteiger partial charge in [0.1, 0.15) is 0 Å². The Morgan fingerprint density at radius 1 is 1.67 bits per heavy atom. The third-order valence-corrected chi connectivity index (χ3v) is 1.06. The van der Waals surface area contributed by atoms with Gasteiger partial charge in [-0.15, -0.1) is 0 Å². The maximum Gasteiger partial charge on any atom is 0.249 e. The zero-order valence-corrected chi connectivity index (χ0v) is 5.14. The van der Waals surface area contributed by atoms with Crippen LogP contribution in [0.25, 0.3) is 0 Å². The third kappa shape index (κ3) is 1.32. The molecule has 0 saturated carbocycles. The molecule has 0 atom stereocenters. The summed E-state index contributed by atoms with van der Waals surface area (Å²) in [4.78, 5) is 13.1. The molecule has 2 N–H and O–H groups in total. The zero-order valence-electron chi connectivity index (χ0n) is 5.14. The second-order valence-electron chi connectivity index (χ2n) is 1.69. The van der Waals surface area contributed by atoms with Crippen molar-refractivity contribution < 1.29 is 0 Å². The van der Waals surface area contributed by atoms with E-state index in [1.54, 1.807) is 19.3 Å². The van der Waals surface area contributed by atoms with Crippen molar-refractivity contribution in [1.82, 2.24) is 4.98 Å². The SMILES string of the molecule is CNc1cc[nH]c(=O)c1. The molecule has 9 heavy (non-hydrogen) atoms. The summed E-state index contributed by atoms with van der Waals surface area (Å²) in [6.45, 7) is 0. The van der Waals surface area contributed by atoms with Crippen molar-refractivity contribution in [2.75, 3.05) is 12.4 Å². The standard InChI is InChI=1S/C6H8N2O/c1-7-5-2-3-8-6(9)4-5/h2-4H,1H3,(H2,7,8,9). The fourth-order valence-electron chi connectivity index (χ4n) is 0.600. The molecule has 1 aromatic rings. The van der Waals surface area contributed by atoms with Crippen molar-refractivity contribution in [2.45, 2.75) is 0 Å². The Balaban J connectivity index is 3.08. The normalized spacial score (nSPS) is 9.00. The fraction of sp³-hybridized carbons (Fsp3) is 0.167. The van der Waals surface area contributed by atoms with E-state index in [4.69, 9.17) is 0 Å². The lowest BCUT2D eigenvalue weighted by atomic mass is 10.4. The Labute approximate surface area is 52.7 Å². The van der Waals surface area contributed by atoms with E-state index >= 15 is 0 Å². The molecule has 0 bridgehead atoms. The van der Waals surface area contributed by atoms with E-state index in [1.807, 2.05) is 0 Å². The Hall–Kier alpha value is -1.25. The minimum Gasteiger partial charge on any atom is -0.388 e. The molecule has 0 radical (unpaired) electrons. The molecule has 1 rings (SSSR count). The van der Waals surface area contributed by atoms with Crippen LogP contribution in [0, 0.1) is 0 Å². The second kappa shape index (κ2) is 2.35. The molecular weight excluding hydrogens is 116 g/mol. The predicted octanol–water partition coefficient (Wildman–Crippen LogP) is 0.417. The molecule has 0 fully saturated rings. The van der Waals surface area contributed by atoms with Crippen molar-refractivity contribution in [3.63, 3.8) is 0 Å². The number of rotatable bonds is 1. The average Bonchev–Trinajstić information content (AvgIpc) is 1.88. The van der Waals surface area contributed by atoms with Crippen LogP contribution < -0.4 is 10.9 Å². The smallest absolute Gasteiger partial charge is 0.249 e. The van der Waals surface area contributed by atoms with Crippen molar-refractivity contribution in [2.24, 2.45) is 0 Å². The first-order valence-electron chi connectivity index (χ1n) is 2.69. The van der Waals surface area contributed by atoms with E-state index in [2.05, 4.69) is 10.3 Å². The fourth-order valence-corrected chi connectivity index (χ4v) is 0.600. The number of hydrogen-bond donors (Lipinski definition) is 2. The second-order valence-corrected chi connectivity index (χ2v) is 1.69. The van der Waals surface area contributed by atoms with Crippen molar-refractivity contribution >= 4 is 5.69 Å². The molecule has 0 aliphatic carbocycles. The van der Waals surface area contributed by atoms with Gasteiger partial charge in [0.05, 0.1) is 0 Å². The van der Waals surface area contributed by atoms with E-state index in [-0.39, 0.29) is 5.56 Å². The number of aromatic nitrogens is 1. The first-order valence-corrected chi connectivity index (χ1v) is 2.69. The van der Waals surface area contributed by atoms with E-state index in [0.717, 1.165) is 5.69 Å². The Bertz CT molecular complexity index is 241. The summed E-state index contributed by atoms with van der Waals surface area (Å²) in [5.74, 6) is 0. The highest BCUT2D eigenvalue weighted by molar-refractivity contribution is 5.39. The van der Waals surface area contributed by atoms with E-state index in [9.17, 15) is 4.79 Å². The number of anilines is 1. The lowest BCUT2D eigenvalue weighted by Gasteiger charge is -1.93. The van der Waals surface area contributed by atoms with Crippen molar-refractivity contribution in [1.29, 1.82) is 0 Å². The molecule has 1 heterocycles. The molecule has 0 aromatic carbocycles. The largest absolute Gasteiger partial charge is 0.388 e. The van der Waals surface area contributed by atoms with Crippen LogP contribution in [0.15, 0.2) is 23.1 Å². The predicted molar refractivity (Wildman–Crippen MR) is 36.6 cm³/mol. The van der Waals surface area contributed by atoms with Gasteiger partial charge < -0.3 is 10.3 Å². The van der Waals surface area contributed by atoms with Crippen LogP contribution in [-0.2, 0) is 0 Å². The average molecular weight is 124 g/mol. The molecule has 48 valence electrons. The van der Waals surface area contributed by atoms with Gasteiger partial charge >= 0.3 is 0 Å². The van der Waals surface area contributed by atoms with Gasteiger partial charge in [0.25, 0.3) is 0 Å². The van der Waals surface area contributed by atoms with E-state index in [0.29, 0.717) is 0 Å². The molecule has 1 aromatic heterocycles. The van der Waals surface area contributed by atoms with Gasteiger partial charge in [0, 0.05) is 25.0 Å². The van der Waals surface area contributed by atoms with Crippen LogP contribution in [-0.4, -0.2) is 12.0 Å². The third-order valence-electron chi connectivity index (χ3n) is 1.06. The van der Waals surface area contributed by atoms with Gasteiger partial charge in [-0.25, -0.2) is 0 Å². The highest BCUT2D eigenvalue weighted by atomic mass is 16.1. The molecule has 3 heteroatoms. The number of H-pyrrole nitrogens is 1. The highest BCUT2D eigenvalue weighted by Gasteiger charge is 1.84. The minimum absolute atomic E-state index is 0.0816. The molecule has 0 saturated heterocycles. The summed E-state index contributed by atoms with van der Waals surface area (Å²) >= 11 is 0. The maximum atomic E-state index is 10.6. The first kappa shape index (κ1) is 5.88. The Morgan fingerprint density at radius 2 is 2.44 bits per heavy atom. The van der Waals surface area contributed by atoms with Gasteiger partial charge in [-0.05, 0) is 6.07 Å². The van der Waals surface area contributed by atoms with Gasteiger partial charge in [0.2, 0.25) is 5.56 Å². The molecule has 0 unspecified atom stereocenters. The van der Waals surface area contributed by atoms with Gasteiger partial charge in [0.15, 0.2) is 0 Å². The number of hydrogen-bond acceptors (Lipinski definition) is 2. The van der Waals surface area contributed by atoms with Gasteiger partial charge in [-0.1, -0.05) is 0 Å². The Morgan fingerprint density at radius 3 is 2.89 bits per heavy atom. The van der Waals surface area contributed by atoms with E-state index < -0.39 is 0 Å². The van der Waals surface area contributed by atoms with Crippen LogP contribution in [0.4, 0.5) is 5.69 Å². The number of nitrogens with one attached hydrogen (secondary N) is 2. The summed E-state index contributed by atoms with van der Waals surface area (Å²) in [6.07, 6.45) is 1.61. The summed E-state index contributed by atoms with van der Waals surface area (Å²) < 4.78 is 0. The van der Waals surface area contributed by atoms with Crippen LogP contribution in [0.3, 0.4) is 0 Å². The number of pyridine rings is 1. The van der Waals surface area contributed by atoms with Crippen molar-refractivity contribution in [3.05, 3.63) is 28.7 Å². The van der Waals surface area contributed by atoms with Gasteiger partial charge in [-0.2, -0.15) is 0 Å². The maximum absolute atomic E-state index is 10.6. The monoisotopic (exact) mass is 124 g/mol. The molecule has 0 amide bonds. The van der Waals surface area contributed by atoms with Crippen LogP contribution in [0.2, 0.25) is 0 Å². The van der Waals surface area contributed by atoms with Gasteiger partial charge in [-0.3, -0.25) is 4.79 Å². The zero-order chi connectivity index (χ0) is 6.69. The summed E-state index contributed by atoms with van der Waals surface area (Å²) in [5, 5.41) is 2.85. The number of aromatic amines is 1. The molecular formula is C6H8N2O. The lowest BCUT2D eigenvalue weighted by molar-refractivity contribution is 1.23. The van der Waals surface area contributed by atoms with Crippen LogP contribution in [0.5, 0.6) is 0 Å². The quantitative estimate of drug-likeness (QED) is 0.569. The Kier molecular flexibility index (Phi) is 1.53. The van der Waals surface area contributed by atoms with Crippen molar-refractivity contribution in [3.8, 4) is 0 Å². The van der Waals surface area contributed by atoms with E-state index in [1.165, 1.54) is 6.07 Å². The van der Waals surface area contributed by atoms with Crippen LogP contribution in [0.1, 0.15) is 0 Å². The summed E-state index contributed by atoms with van der Waals surface area (Å²) in [6, 6.07) is 3.29. The summed E-state index contributed by atoms with van der Waals surface area (Å²) in [5.41, 5.74) is 0.751. The minimum atomic E-state index is -0.0816. The molecule has 0 aliphatic rings. The highest BCUT2D eigenvalue weighted by Crippen LogP contribution is 1.96. The first-order chi connectivity index (χ1) is 4.33. The molecule has 3 nitrogen and oxygen atoms in total. The molecule has 0 aliphatic heterocycles.